The number of halogens is 1. The molecular weight excluding hydrogens is 346 g/mol. The average Bonchev–Trinajstić information content (AvgIpc) is 2.56. The van der Waals surface area contributed by atoms with Crippen LogP contribution in [0.2, 0.25) is 0 Å². The number of rotatable bonds is 3. The Kier molecular flexibility index (Phi) is 4.24. The first kappa shape index (κ1) is 16.7. The van der Waals surface area contributed by atoms with Gasteiger partial charge in [-0.25, -0.2) is 4.98 Å². The topological polar surface area (TPSA) is 101 Å². The van der Waals surface area contributed by atoms with Gasteiger partial charge in [0.1, 0.15) is 5.65 Å². The van der Waals surface area contributed by atoms with Gasteiger partial charge in [-0.05, 0) is 36.4 Å². The summed E-state index contributed by atoms with van der Waals surface area (Å²) in [6, 6.07) is 10.2. The van der Waals surface area contributed by atoms with Crippen LogP contribution in [-0.2, 0) is 0 Å². The Morgan fingerprint density at radius 3 is 2.76 bits per heavy atom. The summed E-state index contributed by atoms with van der Waals surface area (Å²) in [5, 5.41) is 22.4. The van der Waals surface area contributed by atoms with Crippen LogP contribution in [0.25, 0.3) is 16.8 Å². The highest BCUT2D eigenvalue weighted by molar-refractivity contribution is 6.51. The Morgan fingerprint density at radius 1 is 1.28 bits per heavy atom. The molecule has 0 fully saturated rings. The van der Waals surface area contributed by atoms with Gasteiger partial charge in [0.15, 0.2) is 0 Å². The second-order valence-corrected chi connectivity index (χ2v) is 5.72. The normalized spacial score (nSPS) is 11.7. The zero-order valence-corrected chi connectivity index (χ0v) is 13.7. The third-order valence-corrected chi connectivity index (χ3v) is 3.90. The first-order valence-electron chi connectivity index (χ1n) is 7.19. The zero-order chi connectivity index (χ0) is 18.1. The van der Waals surface area contributed by atoms with Gasteiger partial charge in [0, 0.05) is 17.8 Å². The van der Waals surface area contributed by atoms with Crippen molar-refractivity contribution in [2.75, 3.05) is 0 Å². The molecule has 0 bridgehead atoms. The minimum absolute atomic E-state index is 0.133. The predicted octanol–water partition coefficient (Wildman–Crippen LogP) is 2.72. The molecular formula is C17H11ClN3O4-. The van der Waals surface area contributed by atoms with E-state index < -0.39 is 16.4 Å². The standard InChI is InChI=1S/C17H12ClN3O4/c1-10-3-2-4-16-19-13(9-17(23)20(10)16)12(18)7-11-5-6-15(22)14(8-11)21(24)25/h2-9,22H,1H3/p-1/b12-7-. The molecule has 0 aliphatic rings. The quantitative estimate of drug-likeness (QED) is 0.530. The lowest BCUT2D eigenvalue weighted by atomic mass is 10.1. The number of pyridine rings is 1. The fraction of sp³-hybridized carbons (Fsp3) is 0.0588. The van der Waals surface area contributed by atoms with Crippen LogP contribution in [0, 0.1) is 17.0 Å². The van der Waals surface area contributed by atoms with Crippen molar-refractivity contribution in [1.29, 1.82) is 0 Å². The van der Waals surface area contributed by atoms with Gasteiger partial charge in [0.2, 0.25) is 0 Å². The molecule has 1 aromatic carbocycles. The van der Waals surface area contributed by atoms with Gasteiger partial charge in [-0.1, -0.05) is 29.8 Å². The maximum Gasteiger partial charge on any atom is 0.262 e. The van der Waals surface area contributed by atoms with Crippen molar-refractivity contribution in [3.63, 3.8) is 0 Å². The molecule has 0 unspecified atom stereocenters. The van der Waals surface area contributed by atoms with Gasteiger partial charge < -0.3 is 5.11 Å². The van der Waals surface area contributed by atoms with E-state index in [1.807, 2.05) is 0 Å². The van der Waals surface area contributed by atoms with E-state index in [4.69, 9.17) is 11.6 Å². The molecule has 0 atom stereocenters. The van der Waals surface area contributed by atoms with Crippen molar-refractivity contribution >= 4 is 34.0 Å². The van der Waals surface area contributed by atoms with Crippen molar-refractivity contribution in [1.82, 2.24) is 9.38 Å². The van der Waals surface area contributed by atoms with E-state index in [1.54, 1.807) is 25.1 Å². The van der Waals surface area contributed by atoms with Gasteiger partial charge >= 0.3 is 0 Å². The fourth-order valence-corrected chi connectivity index (χ4v) is 2.65. The van der Waals surface area contributed by atoms with Gasteiger partial charge in [0.05, 0.1) is 15.6 Å². The molecule has 2 heterocycles. The summed E-state index contributed by atoms with van der Waals surface area (Å²) in [4.78, 5) is 26.7. The molecule has 7 nitrogen and oxygen atoms in total. The third kappa shape index (κ3) is 3.22. The van der Waals surface area contributed by atoms with Crippen LogP contribution in [-0.4, -0.2) is 14.3 Å². The van der Waals surface area contributed by atoms with Crippen LogP contribution in [0.5, 0.6) is 5.75 Å². The summed E-state index contributed by atoms with van der Waals surface area (Å²) < 4.78 is 1.45. The van der Waals surface area contributed by atoms with Crippen molar-refractivity contribution in [2.45, 2.75) is 6.92 Å². The monoisotopic (exact) mass is 356 g/mol. The maximum atomic E-state index is 12.3. The number of benzene rings is 1. The van der Waals surface area contributed by atoms with Gasteiger partial charge in [0.25, 0.3) is 11.2 Å². The van der Waals surface area contributed by atoms with Crippen LogP contribution in [0.3, 0.4) is 0 Å². The summed E-state index contributed by atoms with van der Waals surface area (Å²) in [5.74, 6) is -0.684. The van der Waals surface area contributed by atoms with Gasteiger partial charge in [-0.3, -0.25) is 19.3 Å². The number of nitro benzene ring substituents is 1. The van der Waals surface area contributed by atoms with Crippen molar-refractivity contribution < 1.29 is 10.0 Å². The zero-order valence-electron chi connectivity index (χ0n) is 13.0. The van der Waals surface area contributed by atoms with Crippen molar-refractivity contribution in [3.8, 4) is 5.75 Å². The Bertz CT molecular complexity index is 1090. The minimum atomic E-state index is -0.753. The molecule has 0 saturated carbocycles. The summed E-state index contributed by atoms with van der Waals surface area (Å²) in [5.41, 5.74) is 0.956. The highest BCUT2D eigenvalue weighted by atomic mass is 35.5. The molecule has 0 N–H and O–H groups in total. The molecule has 0 spiro atoms. The Balaban J connectivity index is 2.09. The van der Waals surface area contributed by atoms with Crippen molar-refractivity contribution in [2.24, 2.45) is 0 Å². The Morgan fingerprint density at radius 2 is 2.04 bits per heavy atom. The molecule has 0 saturated heterocycles. The fourth-order valence-electron chi connectivity index (χ4n) is 2.42. The van der Waals surface area contributed by atoms with Crippen molar-refractivity contribution in [3.05, 3.63) is 79.9 Å². The molecule has 8 heteroatoms. The average molecular weight is 357 g/mol. The summed E-state index contributed by atoms with van der Waals surface area (Å²) in [7, 11) is 0. The lowest BCUT2D eigenvalue weighted by Gasteiger charge is -2.08. The smallest absolute Gasteiger partial charge is 0.262 e. The number of aryl methyl sites for hydroxylation is 1. The molecule has 25 heavy (non-hydrogen) atoms. The van der Waals surface area contributed by atoms with Gasteiger partial charge in [-0.15, -0.1) is 0 Å². The predicted molar refractivity (Wildman–Crippen MR) is 92.5 cm³/mol. The van der Waals surface area contributed by atoms with Crippen LogP contribution in [0.1, 0.15) is 17.0 Å². The van der Waals surface area contributed by atoms with E-state index in [0.29, 0.717) is 11.2 Å². The Hall–Kier alpha value is -3.19. The lowest BCUT2D eigenvalue weighted by Crippen LogP contribution is -2.17. The highest BCUT2D eigenvalue weighted by Gasteiger charge is 2.10. The second kappa shape index (κ2) is 6.37. The summed E-state index contributed by atoms with van der Waals surface area (Å²) >= 11 is 6.23. The number of aromatic nitrogens is 2. The van der Waals surface area contributed by atoms with E-state index in [0.717, 1.165) is 17.8 Å². The molecule has 0 amide bonds. The van der Waals surface area contributed by atoms with E-state index in [-0.39, 0.29) is 16.3 Å². The summed E-state index contributed by atoms with van der Waals surface area (Å²) in [6.07, 6.45) is 1.42. The van der Waals surface area contributed by atoms with Crippen LogP contribution >= 0.6 is 11.6 Å². The SMILES string of the molecule is Cc1cccc2nc(/C(Cl)=C/c3ccc([O-])c([N+](=O)[O-])c3)cc(=O)n12. The summed E-state index contributed by atoms with van der Waals surface area (Å²) in [6.45, 7) is 1.79. The molecule has 0 radical (unpaired) electrons. The molecule has 2 aromatic heterocycles. The largest absolute Gasteiger partial charge is 0.868 e. The maximum absolute atomic E-state index is 12.3. The van der Waals surface area contributed by atoms with Crippen LogP contribution in [0.4, 0.5) is 5.69 Å². The van der Waals surface area contributed by atoms with E-state index in [9.17, 15) is 20.0 Å². The molecule has 126 valence electrons. The van der Waals surface area contributed by atoms with E-state index >= 15 is 0 Å². The number of nitrogens with zero attached hydrogens (tertiary/aromatic N) is 3. The first-order chi connectivity index (χ1) is 11.9. The number of hydrogen-bond donors (Lipinski definition) is 0. The number of fused-ring (bicyclic) bond motifs is 1. The van der Waals surface area contributed by atoms with Crippen LogP contribution in [0.15, 0.2) is 47.3 Å². The second-order valence-electron chi connectivity index (χ2n) is 5.32. The molecule has 0 aliphatic carbocycles. The van der Waals surface area contributed by atoms with E-state index in [2.05, 4.69) is 4.98 Å². The molecule has 0 aliphatic heterocycles. The number of nitro groups is 1. The van der Waals surface area contributed by atoms with Crippen LogP contribution < -0.4 is 10.7 Å². The van der Waals surface area contributed by atoms with E-state index in [1.165, 1.54) is 22.6 Å². The minimum Gasteiger partial charge on any atom is -0.868 e. The van der Waals surface area contributed by atoms with Gasteiger partial charge in [-0.2, -0.15) is 0 Å². The Labute approximate surface area is 146 Å². The molecule has 3 rings (SSSR count). The number of hydrogen-bond acceptors (Lipinski definition) is 5. The molecule has 3 aromatic rings. The lowest BCUT2D eigenvalue weighted by molar-refractivity contribution is -0.398. The third-order valence-electron chi connectivity index (χ3n) is 3.60. The first-order valence-corrected chi connectivity index (χ1v) is 7.57. The highest BCUT2D eigenvalue weighted by Crippen LogP contribution is 2.27.